The largest absolute Gasteiger partial charge is 0.391 e. The van der Waals surface area contributed by atoms with E-state index in [1.165, 1.54) is 0 Å². The van der Waals surface area contributed by atoms with Gasteiger partial charge in [-0.25, -0.2) is 0 Å². The number of hydrogen-bond donors (Lipinski definition) is 2. The molecular weight excluding hydrogens is 278 g/mol. The number of aliphatic hydroxyl groups excluding tert-OH is 1. The monoisotopic (exact) mass is 297 g/mol. The van der Waals surface area contributed by atoms with E-state index in [4.69, 9.17) is 0 Å². The Kier molecular flexibility index (Phi) is 3.96. The summed E-state index contributed by atoms with van der Waals surface area (Å²) in [6.07, 6.45) is 0.904. The molecule has 0 aromatic heterocycles. The zero-order valence-corrected chi connectivity index (χ0v) is 12.2. The van der Waals surface area contributed by atoms with Crippen molar-refractivity contribution in [1.82, 2.24) is 0 Å². The van der Waals surface area contributed by atoms with Crippen LogP contribution >= 0.6 is 0 Å². The van der Waals surface area contributed by atoms with Crippen LogP contribution in [0.3, 0.4) is 0 Å². The molecule has 0 saturated carbocycles. The Hall–Kier alpha value is -2.17. The topological polar surface area (TPSA) is 60.8 Å². The number of carbonyl (C=O) groups excluding carboxylic acids is 1. The summed E-state index contributed by atoms with van der Waals surface area (Å²) in [6.45, 7) is 1.22. The van der Waals surface area contributed by atoms with Crippen LogP contribution in [0.2, 0.25) is 0 Å². The van der Waals surface area contributed by atoms with Gasteiger partial charge >= 0.3 is 0 Å². The molecule has 2 unspecified atom stereocenters. The third-order valence-electron chi connectivity index (χ3n) is 4.20. The van der Waals surface area contributed by atoms with Gasteiger partial charge in [0.2, 0.25) is 0 Å². The molecule has 2 N–H and O–H groups in total. The number of aliphatic hydroxyl groups is 2. The first-order valence-electron chi connectivity index (χ1n) is 7.42. The number of benzene rings is 2. The van der Waals surface area contributed by atoms with Gasteiger partial charge in [-0.1, -0.05) is 48.5 Å². The van der Waals surface area contributed by atoms with Crippen LogP contribution in [0.5, 0.6) is 0 Å². The Morgan fingerprint density at radius 2 is 1.77 bits per heavy atom. The van der Waals surface area contributed by atoms with Crippen molar-refractivity contribution < 1.29 is 15.0 Å². The molecule has 1 fully saturated rings. The molecule has 1 heterocycles. The molecule has 22 heavy (non-hydrogen) atoms. The van der Waals surface area contributed by atoms with Crippen LogP contribution in [0.25, 0.3) is 0 Å². The second-order valence-corrected chi connectivity index (χ2v) is 5.66. The van der Waals surface area contributed by atoms with Crippen LogP contribution in [0.1, 0.15) is 17.5 Å². The highest BCUT2D eigenvalue weighted by Gasteiger charge is 2.35. The lowest BCUT2D eigenvalue weighted by atomic mass is 9.86. The lowest BCUT2D eigenvalue weighted by Crippen LogP contribution is -2.32. The van der Waals surface area contributed by atoms with Crippen molar-refractivity contribution in [2.45, 2.75) is 18.1 Å². The summed E-state index contributed by atoms with van der Waals surface area (Å²) < 4.78 is 0. The van der Waals surface area contributed by atoms with E-state index in [0.717, 1.165) is 5.69 Å². The fraction of sp³-hybridized carbons (Fsp3) is 0.278. The third-order valence-corrected chi connectivity index (χ3v) is 4.20. The van der Waals surface area contributed by atoms with E-state index in [0.29, 0.717) is 36.9 Å². The molecule has 3 rings (SSSR count). The first-order valence-corrected chi connectivity index (χ1v) is 7.42. The lowest BCUT2D eigenvalue weighted by Gasteiger charge is -2.29. The van der Waals surface area contributed by atoms with E-state index < -0.39 is 5.60 Å². The first-order chi connectivity index (χ1) is 10.6. The van der Waals surface area contributed by atoms with Crippen molar-refractivity contribution in [2.75, 3.05) is 18.0 Å². The van der Waals surface area contributed by atoms with E-state index in [1.807, 2.05) is 29.2 Å². The van der Waals surface area contributed by atoms with Crippen molar-refractivity contribution in [3.05, 3.63) is 65.7 Å². The molecule has 2 aromatic carbocycles. The van der Waals surface area contributed by atoms with Crippen molar-refractivity contribution in [1.29, 1.82) is 0 Å². The van der Waals surface area contributed by atoms with Gasteiger partial charge in [0.25, 0.3) is 0 Å². The molecule has 0 spiro atoms. The predicted molar refractivity (Wildman–Crippen MR) is 84.8 cm³/mol. The molecule has 0 aliphatic carbocycles. The highest BCUT2D eigenvalue weighted by molar-refractivity contribution is 5.77. The average molecular weight is 297 g/mol. The van der Waals surface area contributed by atoms with Gasteiger partial charge in [0.05, 0.1) is 6.10 Å². The molecule has 1 saturated heterocycles. The third kappa shape index (κ3) is 2.51. The fourth-order valence-corrected chi connectivity index (χ4v) is 3.01. The Morgan fingerprint density at radius 1 is 1.09 bits per heavy atom. The van der Waals surface area contributed by atoms with Gasteiger partial charge in [-0.15, -0.1) is 0 Å². The highest BCUT2D eigenvalue weighted by atomic mass is 16.3. The number of para-hydroxylation sites is 1. The van der Waals surface area contributed by atoms with E-state index in [-0.39, 0.29) is 6.10 Å². The van der Waals surface area contributed by atoms with Gasteiger partial charge in [-0.3, -0.25) is 4.79 Å². The number of anilines is 1. The van der Waals surface area contributed by atoms with Crippen molar-refractivity contribution >= 4 is 12.0 Å². The SMILES string of the molecule is O=CC(O)(c1ccccc1)c1ccccc1N1CCC(O)C1. The molecule has 4 nitrogen and oxygen atoms in total. The maximum Gasteiger partial charge on any atom is 0.172 e. The van der Waals surface area contributed by atoms with E-state index in [1.54, 1.807) is 30.3 Å². The molecule has 0 radical (unpaired) electrons. The molecular formula is C18H19NO3. The molecule has 0 amide bonds. The van der Waals surface area contributed by atoms with Gasteiger partial charge in [0.15, 0.2) is 11.9 Å². The van der Waals surface area contributed by atoms with Crippen molar-refractivity contribution in [3.8, 4) is 0 Å². The van der Waals surface area contributed by atoms with Crippen molar-refractivity contribution in [2.24, 2.45) is 0 Å². The number of nitrogens with zero attached hydrogens (tertiary/aromatic N) is 1. The van der Waals surface area contributed by atoms with E-state index in [2.05, 4.69) is 0 Å². The quantitative estimate of drug-likeness (QED) is 0.843. The van der Waals surface area contributed by atoms with Crippen LogP contribution in [0.15, 0.2) is 54.6 Å². The van der Waals surface area contributed by atoms with Gasteiger partial charge in [0, 0.05) is 24.3 Å². The molecule has 1 aliphatic heterocycles. The number of carbonyl (C=O) groups is 1. The summed E-state index contributed by atoms with van der Waals surface area (Å²) in [5.41, 5.74) is 0.186. The number of β-amino-alcohol motifs (C(OH)–C–C–N with tert-alkyl or cyclic N) is 1. The van der Waals surface area contributed by atoms with Gasteiger partial charge in [-0.2, -0.15) is 0 Å². The summed E-state index contributed by atoms with van der Waals surface area (Å²) in [6, 6.07) is 16.2. The molecule has 2 atom stereocenters. The zero-order valence-electron chi connectivity index (χ0n) is 12.2. The van der Waals surface area contributed by atoms with Crippen LogP contribution in [0, 0.1) is 0 Å². The first kappa shape index (κ1) is 14.8. The second kappa shape index (κ2) is 5.91. The Morgan fingerprint density at radius 3 is 2.41 bits per heavy atom. The second-order valence-electron chi connectivity index (χ2n) is 5.66. The molecule has 1 aliphatic rings. The lowest BCUT2D eigenvalue weighted by molar-refractivity contribution is -0.121. The zero-order chi connectivity index (χ0) is 15.6. The summed E-state index contributed by atoms with van der Waals surface area (Å²) in [7, 11) is 0. The highest BCUT2D eigenvalue weighted by Crippen LogP contribution is 2.35. The Labute approximate surface area is 129 Å². The number of hydrogen-bond acceptors (Lipinski definition) is 4. The Bertz CT molecular complexity index is 658. The minimum absolute atomic E-state index is 0.367. The summed E-state index contributed by atoms with van der Waals surface area (Å²) in [4.78, 5) is 13.8. The number of rotatable bonds is 4. The van der Waals surface area contributed by atoms with Gasteiger partial charge in [-0.05, 0) is 18.1 Å². The molecule has 0 bridgehead atoms. The molecule has 4 heteroatoms. The van der Waals surface area contributed by atoms with Crippen LogP contribution in [0.4, 0.5) is 5.69 Å². The molecule has 2 aromatic rings. The van der Waals surface area contributed by atoms with Crippen molar-refractivity contribution in [3.63, 3.8) is 0 Å². The average Bonchev–Trinajstić information content (AvgIpc) is 3.01. The van der Waals surface area contributed by atoms with Crippen LogP contribution in [-0.2, 0) is 10.4 Å². The normalized spacial score (nSPS) is 20.6. The van der Waals surface area contributed by atoms with E-state index in [9.17, 15) is 15.0 Å². The van der Waals surface area contributed by atoms with Crippen LogP contribution < -0.4 is 4.90 Å². The fourth-order valence-electron chi connectivity index (χ4n) is 3.01. The standard InChI is InChI=1S/C18H19NO3/c20-13-18(22,14-6-2-1-3-7-14)16-8-4-5-9-17(16)19-11-10-15(21)12-19/h1-9,13,15,21-22H,10-12H2. The molecule has 114 valence electrons. The predicted octanol–water partition coefficient (Wildman–Crippen LogP) is 1.69. The summed E-state index contributed by atoms with van der Waals surface area (Å²) in [5.74, 6) is 0. The maximum atomic E-state index is 11.7. The van der Waals surface area contributed by atoms with Gasteiger partial charge in [0.1, 0.15) is 0 Å². The van der Waals surface area contributed by atoms with Crippen LogP contribution in [-0.4, -0.2) is 35.7 Å². The van der Waals surface area contributed by atoms with E-state index >= 15 is 0 Å². The number of aldehydes is 1. The Balaban J connectivity index is 2.08. The minimum Gasteiger partial charge on any atom is -0.391 e. The van der Waals surface area contributed by atoms with Gasteiger partial charge < -0.3 is 15.1 Å². The smallest absolute Gasteiger partial charge is 0.172 e. The summed E-state index contributed by atoms with van der Waals surface area (Å²) in [5, 5.41) is 20.8. The minimum atomic E-state index is -1.69. The summed E-state index contributed by atoms with van der Waals surface area (Å²) >= 11 is 0. The maximum absolute atomic E-state index is 11.7.